The number of ether oxygens (including phenoxy) is 5. The molecule has 264 valence electrons. The number of hydrogen-bond acceptors (Lipinski definition) is 9. The first-order valence-corrected chi connectivity index (χ1v) is 17.0. The number of allylic oxidation sites excluding steroid dienone is 1. The van der Waals surface area contributed by atoms with Gasteiger partial charge in [-0.25, -0.2) is 14.4 Å². The van der Waals surface area contributed by atoms with E-state index in [1.807, 2.05) is 18.2 Å². The average Bonchev–Trinajstić information content (AvgIpc) is 3.28. The molecule has 1 N–H and O–H groups in total. The van der Waals surface area contributed by atoms with E-state index < -0.39 is 57.8 Å². The van der Waals surface area contributed by atoms with Crippen LogP contribution >= 0.6 is 0 Å². The van der Waals surface area contributed by atoms with Crippen molar-refractivity contribution in [2.75, 3.05) is 0 Å². The molecule has 0 radical (unpaired) electrons. The topological polar surface area (TPSA) is 118 Å². The van der Waals surface area contributed by atoms with Crippen LogP contribution in [0.2, 0.25) is 0 Å². The van der Waals surface area contributed by atoms with E-state index in [4.69, 9.17) is 23.7 Å². The molecule has 1 aromatic carbocycles. The smallest absolute Gasteiger partial charge is 0.345 e. The van der Waals surface area contributed by atoms with E-state index in [9.17, 15) is 19.5 Å². The Bertz CT molecular complexity index is 1280. The van der Waals surface area contributed by atoms with Crippen molar-refractivity contribution in [1.29, 1.82) is 0 Å². The van der Waals surface area contributed by atoms with Crippen molar-refractivity contribution in [3.63, 3.8) is 0 Å². The van der Waals surface area contributed by atoms with Gasteiger partial charge in [-0.2, -0.15) is 0 Å². The third-order valence-corrected chi connectivity index (χ3v) is 9.00. The van der Waals surface area contributed by atoms with Crippen molar-refractivity contribution < 1.29 is 43.2 Å². The minimum atomic E-state index is -2.89. The average molecular weight is 659 g/mol. The van der Waals surface area contributed by atoms with Crippen LogP contribution in [0, 0.1) is 17.8 Å². The van der Waals surface area contributed by atoms with E-state index in [0.29, 0.717) is 24.7 Å². The standard InChI is InChI=1S/C38H58O9/c1-25(17-16-20-28-18-14-13-15-19-28)27(3)26(2)21-22-36-23-24-37(47-36,31(40)45-34(7,8)9)38(42,32(41)46-35(10,11)12)29(43-36)30(39)44-33(4,5)6/h13-16,18-20,25-27,29,42H,17,21-24H2,1-12H3/b20-16+/t25?,26?,27?,29-,36+,37+,38-/m1/s1. The summed E-state index contributed by atoms with van der Waals surface area (Å²) in [5.74, 6) is -3.69. The number of benzene rings is 1. The minimum absolute atomic E-state index is 0.123. The summed E-state index contributed by atoms with van der Waals surface area (Å²) in [5.41, 5.74) is -7.02. The van der Waals surface area contributed by atoms with Crippen molar-refractivity contribution in [1.82, 2.24) is 0 Å². The highest BCUT2D eigenvalue weighted by Gasteiger charge is 2.79. The van der Waals surface area contributed by atoms with Crippen LogP contribution in [0.1, 0.15) is 121 Å². The molecule has 2 fully saturated rings. The highest BCUT2D eigenvalue weighted by molar-refractivity contribution is 5.99. The predicted molar refractivity (Wildman–Crippen MR) is 180 cm³/mol. The largest absolute Gasteiger partial charge is 0.458 e. The van der Waals surface area contributed by atoms with Gasteiger partial charge in [0, 0.05) is 12.8 Å². The number of fused-ring (bicyclic) bond motifs is 2. The van der Waals surface area contributed by atoms with Gasteiger partial charge in [0.2, 0.25) is 17.3 Å². The molecular formula is C38H58O9. The predicted octanol–water partition coefficient (Wildman–Crippen LogP) is 7.18. The van der Waals surface area contributed by atoms with E-state index in [2.05, 4.69) is 45.1 Å². The molecule has 0 aromatic heterocycles. The fourth-order valence-corrected chi connectivity index (χ4v) is 6.21. The summed E-state index contributed by atoms with van der Waals surface area (Å²) in [6.45, 7) is 21.5. The van der Waals surface area contributed by atoms with Gasteiger partial charge < -0.3 is 28.8 Å². The maximum Gasteiger partial charge on any atom is 0.345 e. The Morgan fingerprint density at radius 2 is 1.40 bits per heavy atom. The molecule has 2 aliphatic heterocycles. The van der Waals surface area contributed by atoms with Gasteiger partial charge in [-0.1, -0.05) is 63.3 Å². The van der Waals surface area contributed by atoms with Gasteiger partial charge in [0.25, 0.3) is 0 Å². The molecule has 0 spiro atoms. The zero-order chi connectivity index (χ0) is 35.6. The Kier molecular flexibility index (Phi) is 11.5. The van der Waals surface area contributed by atoms with Crippen LogP contribution < -0.4 is 0 Å². The minimum Gasteiger partial charge on any atom is -0.458 e. The zero-order valence-electron chi connectivity index (χ0n) is 30.6. The van der Waals surface area contributed by atoms with Crippen LogP contribution in [0.3, 0.4) is 0 Å². The fourth-order valence-electron chi connectivity index (χ4n) is 6.21. The first-order valence-electron chi connectivity index (χ1n) is 17.0. The number of esters is 3. The number of carbonyl (C=O) groups excluding carboxylic acids is 3. The van der Waals surface area contributed by atoms with Crippen LogP contribution in [-0.4, -0.2) is 62.9 Å². The summed E-state index contributed by atoms with van der Waals surface area (Å²) in [7, 11) is 0. The van der Waals surface area contributed by atoms with Crippen molar-refractivity contribution in [3.05, 3.63) is 42.0 Å². The van der Waals surface area contributed by atoms with E-state index in [0.717, 1.165) is 12.0 Å². The molecule has 1 aromatic rings. The first-order chi connectivity index (χ1) is 21.4. The summed E-state index contributed by atoms with van der Waals surface area (Å²) >= 11 is 0. The van der Waals surface area contributed by atoms with E-state index >= 15 is 0 Å². The molecule has 2 heterocycles. The Morgan fingerprint density at radius 3 is 1.96 bits per heavy atom. The van der Waals surface area contributed by atoms with Gasteiger partial charge in [-0.3, -0.25) is 0 Å². The monoisotopic (exact) mass is 658 g/mol. The highest BCUT2D eigenvalue weighted by Crippen LogP contribution is 2.56. The van der Waals surface area contributed by atoms with Gasteiger partial charge in [0.05, 0.1) is 0 Å². The number of aliphatic hydroxyl groups is 1. The van der Waals surface area contributed by atoms with Gasteiger partial charge in [0.15, 0.2) is 5.79 Å². The maximum absolute atomic E-state index is 14.1. The number of rotatable bonds is 11. The molecule has 0 amide bonds. The summed E-state index contributed by atoms with van der Waals surface area (Å²) in [5, 5.41) is 12.4. The van der Waals surface area contributed by atoms with Crippen molar-refractivity contribution in [2.45, 2.75) is 155 Å². The Hall–Kier alpha value is -2.75. The lowest BCUT2D eigenvalue weighted by Gasteiger charge is -2.51. The quantitative estimate of drug-likeness (QED) is 0.195. The number of hydrogen-bond donors (Lipinski definition) is 1. The molecule has 0 aliphatic carbocycles. The Labute approximate surface area is 281 Å². The molecule has 2 bridgehead atoms. The summed E-state index contributed by atoms with van der Waals surface area (Å²) < 4.78 is 29.9. The van der Waals surface area contributed by atoms with Crippen LogP contribution in [0.4, 0.5) is 0 Å². The molecular weight excluding hydrogens is 600 g/mol. The molecule has 9 heteroatoms. The summed E-state index contributed by atoms with van der Waals surface area (Å²) in [6, 6.07) is 10.2. The Balaban J connectivity index is 1.94. The summed E-state index contributed by atoms with van der Waals surface area (Å²) in [6.07, 6.45) is 4.32. The van der Waals surface area contributed by atoms with Crippen LogP contribution in [0.25, 0.3) is 6.08 Å². The molecule has 47 heavy (non-hydrogen) atoms. The van der Waals surface area contributed by atoms with E-state index in [-0.39, 0.29) is 18.8 Å². The van der Waals surface area contributed by atoms with E-state index in [1.54, 1.807) is 62.3 Å². The SMILES string of the molecule is CC(C/C=C/c1ccccc1)C(C)C(C)CC[C@@]12CC[C@@](C(=O)OC(C)(C)C)(O1)[C@](O)(C(=O)OC(C)(C)C)[C@@H](C(=O)OC(C)(C)C)O2. The zero-order valence-corrected chi connectivity index (χ0v) is 30.6. The third-order valence-electron chi connectivity index (χ3n) is 9.00. The molecule has 2 saturated heterocycles. The third kappa shape index (κ3) is 9.24. The lowest BCUT2D eigenvalue weighted by molar-refractivity contribution is -0.367. The van der Waals surface area contributed by atoms with Crippen molar-refractivity contribution in [3.8, 4) is 0 Å². The normalized spacial score (nSPS) is 28.4. The highest BCUT2D eigenvalue weighted by atomic mass is 16.8. The lowest BCUT2D eigenvalue weighted by Crippen LogP contribution is -2.76. The molecule has 7 atom stereocenters. The van der Waals surface area contributed by atoms with Gasteiger partial charge in [-0.15, -0.1) is 0 Å². The Morgan fingerprint density at radius 1 is 0.851 bits per heavy atom. The van der Waals surface area contributed by atoms with Crippen LogP contribution in [0.15, 0.2) is 36.4 Å². The van der Waals surface area contributed by atoms with Crippen molar-refractivity contribution in [2.24, 2.45) is 17.8 Å². The fraction of sp³-hybridized carbons (Fsp3) is 0.711. The molecule has 3 unspecified atom stereocenters. The van der Waals surface area contributed by atoms with Gasteiger partial charge in [-0.05, 0) is 105 Å². The van der Waals surface area contributed by atoms with Gasteiger partial charge in [0.1, 0.15) is 16.8 Å². The second kappa shape index (κ2) is 14.0. The second-order valence-electron chi connectivity index (χ2n) is 16.5. The summed E-state index contributed by atoms with van der Waals surface area (Å²) in [4.78, 5) is 41.8. The molecule has 2 aliphatic rings. The first kappa shape index (κ1) is 38.7. The lowest BCUT2D eigenvalue weighted by atomic mass is 9.76. The van der Waals surface area contributed by atoms with Crippen molar-refractivity contribution >= 4 is 24.0 Å². The van der Waals surface area contributed by atoms with Gasteiger partial charge >= 0.3 is 17.9 Å². The maximum atomic E-state index is 14.1. The molecule has 3 rings (SSSR count). The second-order valence-corrected chi connectivity index (χ2v) is 16.5. The molecule has 0 saturated carbocycles. The number of carbonyl (C=O) groups is 3. The van der Waals surface area contributed by atoms with Crippen LogP contribution in [0.5, 0.6) is 0 Å². The van der Waals surface area contributed by atoms with Crippen LogP contribution in [-0.2, 0) is 38.1 Å². The van der Waals surface area contributed by atoms with E-state index in [1.165, 1.54) is 0 Å². The molecule has 9 nitrogen and oxygen atoms in total.